The van der Waals surface area contributed by atoms with Gasteiger partial charge in [0.15, 0.2) is 0 Å². The van der Waals surface area contributed by atoms with Gasteiger partial charge in [0.25, 0.3) is 0 Å². The van der Waals surface area contributed by atoms with Crippen LogP contribution in [0.4, 0.5) is 10.1 Å². The lowest BCUT2D eigenvalue weighted by Crippen LogP contribution is -2.02. The van der Waals surface area contributed by atoms with Crippen LogP contribution in [0.25, 0.3) is 0 Å². The highest BCUT2D eigenvalue weighted by molar-refractivity contribution is 6.33. The first-order chi connectivity index (χ1) is 8.58. The highest BCUT2D eigenvalue weighted by Gasteiger charge is 2.07. The molecule has 0 aliphatic heterocycles. The lowest BCUT2D eigenvalue weighted by atomic mass is 10.3. The van der Waals surface area contributed by atoms with Crippen LogP contribution >= 0.6 is 11.6 Å². The first kappa shape index (κ1) is 12.9. The average molecular weight is 268 g/mol. The summed E-state index contributed by atoms with van der Waals surface area (Å²) >= 11 is 5.93. The molecule has 3 nitrogen and oxygen atoms in total. The standard InChI is InChI=1S/C13H15ClFN3/c1-9(2)18-8-10(7-17-18)6-16-13-11(14)4-3-5-12(13)15/h3-5,7-9,16H,6H2,1-2H3. The maximum Gasteiger partial charge on any atom is 0.147 e. The molecular weight excluding hydrogens is 253 g/mol. The van der Waals surface area contributed by atoms with E-state index in [1.165, 1.54) is 6.07 Å². The van der Waals surface area contributed by atoms with Gasteiger partial charge < -0.3 is 5.32 Å². The monoisotopic (exact) mass is 267 g/mol. The summed E-state index contributed by atoms with van der Waals surface area (Å²) in [4.78, 5) is 0. The van der Waals surface area contributed by atoms with Crippen molar-refractivity contribution >= 4 is 17.3 Å². The number of anilines is 1. The van der Waals surface area contributed by atoms with Crippen molar-refractivity contribution < 1.29 is 4.39 Å². The molecule has 0 amide bonds. The highest BCUT2D eigenvalue weighted by atomic mass is 35.5. The lowest BCUT2D eigenvalue weighted by Gasteiger charge is -2.08. The van der Waals surface area contributed by atoms with E-state index in [1.807, 2.05) is 10.9 Å². The Bertz CT molecular complexity index is 517. The van der Waals surface area contributed by atoms with Gasteiger partial charge in [0.1, 0.15) is 5.82 Å². The average Bonchev–Trinajstić information content (AvgIpc) is 2.77. The number of nitrogens with one attached hydrogen (secondary N) is 1. The summed E-state index contributed by atoms with van der Waals surface area (Å²) in [6, 6.07) is 4.94. The molecule has 5 heteroatoms. The largest absolute Gasteiger partial charge is 0.377 e. The molecule has 18 heavy (non-hydrogen) atoms. The molecule has 0 aliphatic carbocycles. The Hall–Kier alpha value is -1.55. The molecule has 0 spiro atoms. The summed E-state index contributed by atoms with van der Waals surface area (Å²) in [6.45, 7) is 4.60. The van der Waals surface area contributed by atoms with Crippen molar-refractivity contribution in [3.63, 3.8) is 0 Å². The topological polar surface area (TPSA) is 29.9 Å². The van der Waals surface area contributed by atoms with Crippen molar-refractivity contribution in [2.45, 2.75) is 26.4 Å². The smallest absolute Gasteiger partial charge is 0.147 e. The molecule has 96 valence electrons. The highest BCUT2D eigenvalue weighted by Crippen LogP contribution is 2.25. The third kappa shape index (κ3) is 2.82. The Morgan fingerprint density at radius 3 is 2.83 bits per heavy atom. The van der Waals surface area contributed by atoms with Gasteiger partial charge in [0.05, 0.1) is 16.9 Å². The van der Waals surface area contributed by atoms with E-state index in [-0.39, 0.29) is 5.82 Å². The lowest BCUT2D eigenvalue weighted by molar-refractivity contribution is 0.532. The second-order valence-electron chi connectivity index (χ2n) is 4.37. The maximum absolute atomic E-state index is 13.5. The first-order valence-corrected chi connectivity index (χ1v) is 6.16. The summed E-state index contributed by atoms with van der Waals surface area (Å²) in [7, 11) is 0. The van der Waals surface area contributed by atoms with Gasteiger partial charge in [-0.2, -0.15) is 5.10 Å². The van der Waals surface area contributed by atoms with Crippen molar-refractivity contribution in [3.05, 3.63) is 47.0 Å². The fraction of sp³-hybridized carbons (Fsp3) is 0.308. The van der Waals surface area contributed by atoms with Crippen LogP contribution in [-0.2, 0) is 6.54 Å². The minimum absolute atomic E-state index is 0.316. The molecule has 1 aromatic carbocycles. The Labute approximate surface area is 111 Å². The third-order valence-electron chi connectivity index (χ3n) is 2.62. The van der Waals surface area contributed by atoms with Gasteiger partial charge >= 0.3 is 0 Å². The van der Waals surface area contributed by atoms with Crippen molar-refractivity contribution in [2.24, 2.45) is 0 Å². The number of hydrogen-bond donors (Lipinski definition) is 1. The molecule has 2 aromatic rings. The number of rotatable bonds is 4. The molecular formula is C13H15ClFN3. The van der Waals surface area contributed by atoms with E-state index in [2.05, 4.69) is 24.3 Å². The molecule has 0 fully saturated rings. The van der Waals surface area contributed by atoms with E-state index >= 15 is 0 Å². The van der Waals surface area contributed by atoms with Gasteiger partial charge in [0, 0.05) is 24.3 Å². The van der Waals surface area contributed by atoms with Gasteiger partial charge in [-0.15, -0.1) is 0 Å². The summed E-state index contributed by atoms with van der Waals surface area (Å²) in [5, 5.41) is 7.59. The molecule has 0 saturated carbocycles. The van der Waals surface area contributed by atoms with Gasteiger partial charge in [-0.3, -0.25) is 4.68 Å². The van der Waals surface area contributed by atoms with Crippen LogP contribution in [0.15, 0.2) is 30.6 Å². The van der Waals surface area contributed by atoms with Gasteiger partial charge in [0.2, 0.25) is 0 Å². The van der Waals surface area contributed by atoms with Gasteiger partial charge in [-0.05, 0) is 26.0 Å². The SMILES string of the molecule is CC(C)n1cc(CNc2c(F)cccc2Cl)cn1. The summed E-state index contributed by atoms with van der Waals surface area (Å²) < 4.78 is 15.4. The Kier molecular flexibility index (Phi) is 3.87. The molecule has 0 aliphatic rings. The van der Waals surface area contributed by atoms with Crippen LogP contribution in [0, 0.1) is 5.82 Å². The minimum Gasteiger partial charge on any atom is -0.377 e. The fourth-order valence-corrected chi connectivity index (χ4v) is 1.84. The molecule has 0 bridgehead atoms. The van der Waals surface area contributed by atoms with Gasteiger partial charge in [-0.25, -0.2) is 4.39 Å². The van der Waals surface area contributed by atoms with Crippen LogP contribution in [0.1, 0.15) is 25.5 Å². The number of para-hydroxylation sites is 1. The van der Waals surface area contributed by atoms with Crippen LogP contribution in [0.2, 0.25) is 5.02 Å². The molecule has 0 radical (unpaired) electrons. The molecule has 2 rings (SSSR count). The van der Waals surface area contributed by atoms with Crippen LogP contribution < -0.4 is 5.32 Å². The number of benzene rings is 1. The van der Waals surface area contributed by atoms with Crippen LogP contribution in [-0.4, -0.2) is 9.78 Å². The summed E-state index contributed by atoms with van der Waals surface area (Å²) in [6.07, 6.45) is 3.70. The number of hydrogen-bond acceptors (Lipinski definition) is 2. The van der Waals surface area contributed by atoms with E-state index in [4.69, 9.17) is 11.6 Å². The van der Waals surface area contributed by atoms with E-state index in [0.29, 0.717) is 23.3 Å². The van der Waals surface area contributed by atoms with Crippen molar-refractivity contribution in [1.29, 1.82) is 0 Å². The molecule has 1 aromatic heterocycles. The number of nitrogens with zero attached hydrogens (tertiary/aromatic N) is 2. The zero-order valence-electron chi connectivity index (χ0n) is 10.3. The normalized spacial score (nSPS) is 10.9. The second-order valence-corrected chi connectivity index (χ2v) is 4.78. The predicted octanol–water partition coefficient (Wildman–Crippen LogP) is 3.87. The summed E-state index contributed by atoms with van der Waals surface area (Å²) in [5.74, 6) is -0.348. The van der Waals surface area contributed by atoms with Crippen LogP contribution in [0.5, 0.6) is 0 Å². The molecule has 0 saturated heterocycles. The second kappa shape index (κ2) is 5.40. The fourth-order valence-electron chi connectivity index (χ4n) is 1.61. The molecule has 0 atom stereocenters. The Morgan fingerprint density at radius 2 is 2.22 bits per heavy atom. The quantitative estimate of drug-likeness (QED) is 0.911. The minimum atomic E-state index is -0.348. The molecule has 0 unspecified atom stereocenters. The third-order valence-corrected chi connectivity index (χ3v) is 2.93. The molecule has 1 N–H and O–H groups in total. The summed E-state index contributed by atoms with van der Waals surface area (Å²) in [5.41, 5.74) is 1.32. The maximum atomic E-state index is 13.5. The number of aromatic nitrogens is 2. The first-order valence-electron chi connectivity index (χ1n) is 5.79. The molecule has 1 heterocycles. The Morgan fingerprint density at radius 1 is 1.44 bits per heavy atom. The van der Waals surface area contributed by atoms with Crippen molar-refractivity contribution in [2.75, 3.05) is 5.32 Å². The van der Waals surface area contributed by atoms with E-state index < -0.39 is 0 Å². The van der Waals surface area contributed by atoms with Crippen molar-refractivity contribution in [1.82, 2.24) is 9.78 Å². The van der Waals surface area contributed by atoms with E-state index in [1.54, 1.807) is 18.3 Å². The predicted molar refractivity (Wildman–Crippen MR) is 71.3 cm³/mol. The van der Waals surface area contributed by atoms with Crippen LogP contribution in [0.3, 0.4) is 0 Å². The van der Waals surface area contributed by atoms with Gasteiger partial charge in [-0.1, -0.05) is 17.7 Å². The van der Waals surface area contributed by atoms with Crippen molar-refractivity contribution in [3.8, 4) is 0 Å². The zero-order chi connectivity index (χ0) is 13.1. The zero-order valence-corrected chi connectivity index (χ0v) is 11.1. The van der Waals surface area contributed by atoms with E-state index in [9.17, 15) is 4.39 Å². The van der Waals surface area contributed by atoms with E-state index in [0.717, 1.165) is 5.56 Å². The number of halogens is 2. The Balaban J connectivity index is 2.07.